The Kier molecular flexibility index (Phi) is 7.53. The highest BCUT2D eigenvalue weighted by Gasteiger charge is 2.15. The van der Waals surface area contributed by atoms with Gasteiger partial charge < -0.3 is 19.5 Å². The van der Waals surface area contributed by atoms with Crippen LogP contribution in [0.4, 0.5) is 0 Å². The summed E-state index contributed by atoms with van der Waals surface area (Å²) in [5, 5.41) is 2.94. The molecule has 146 valence electrons. The molecule has 2 rings (SSSR count). The number of methoxy groups -OCH3 is 2. The van der Waals surface area contributed by atoms with Crippen molar-refractivity contribution in [2.45, 2.75) is 39.7 Å². The van der Waals surface area contributed by atoms with Gasteiger partial charge in [0.1, 0.15) is 5.75 Å². The first-order valence-electron chi connectivity index (χ1n) is 9.17. The molecule has 0 aromatic heterocycles. The highest BCUT2D eigenvalue weighted by Crippen LogP contribution is 2.28. The zero-order valence-electron chi connectivity index (χ0n) is 16.8. The Morgan fingerprint density at radius 2 is 1.78 bits per heavy atom. The van der Waals surface area contributed by atoms with E-state index in [1.807, 2.05) is 50.2 Å². The van der Waals surface area contributed by atoms with E-state index >= 15 is 0 Å². The second-order valence-corrected chi connectivity index (χ2v) is 6.54. The third kappa shape index (κ3) is 5.64. The van der Waals surface area contributed by atoms with Gasteiger partial charge in [0.15, 0.2) is 17.6 Å². The van der Waals surface area contributed by atoms with Gasteiger partial charge in [0.25, 0.3) is 5.91 Å². The monoisotopic (exact) mass is 371 g/mol. The van der Waals surface area contributed by atoms with Gasteiger partial charge in [-0.05, 0) is 68.5 Å². The molecule has 0 saturated carbocycles. The number of benzene rings is 2. The maximum absolute atomic E-state index is 12.3. The molecule has 0 bridgehead atoms. The third-order valence-corrected chi connectivity index (χ3v) is 4.62. The molecule has 1 N–H and O–H groups in total. The second kappa shape index (κ2) is 9.86. The van der Waals surface area contributed by atoms with E-state index < -0.39 is 6.10 Å². The van der Waals surface area contributed by atoms with Crippen molar-refractivity contribution in [3.63, 3.8) is 0 Å². The van der Waals surface area contributed by atoms with Crippen LogP contribution in [-0.2, 0) is 11.2 Å². The number of amides is 1. The summed E-state index contributed by atoms with van der Waals surface area (Å²) in [6.07, 6.45) is 1.14. The zero-order chi connectivity index (χ0) is 19.8. The van der Waals surface area contributed by atoms with Crippen LogP contribution in [0.2, 0.25) is 0 Å². The van der Waals surface area contributed by atoms with Crippen LogP contribution in [0.1, 0.15) is 30.0 Å². The van der Waals surface area contributed by atoms with E-state index in [0.29, 0.717) is 12.3 Å². The summed E-state index contributed by atoms with van der Waals surface area (Å²) in [5.74, 6) is 2.08. The fraction of sp³-hybridized carbons (Fsp3) is 0.409. The summed E-state index contributed by atoms with van der Waals surface area (Å²) in [7, 11) is 3.24. The number of rotatable bonds is 9. The Morgan fingerprint density at radius 1 is 1.04 bits per heavy atom. The molecule has 0 aliphatic carbocycles. The predicted octanol–water partition coefficient (Wildman–Crippen LogP) is 3.84. The Balaban J connectivity index is 1.79. The van der Waals surface area contributed by atoms with Crippen LogP contribution in [0.3, 0.4) is 0 Å². The second-order valence-electron chi connectivity index (χ2n) is 6.54. The van der Waals surface area contributed by atoms with Gasteiger partial charge in [0.2, 0.25) is 0 Å². The summed E-state index contributed by atoms with van der Waals surface area (Å²) in [6.45, 7) is 6.39. The molecule has 0 aliphatic heterocycles. The van der Waals surface area contributed by atoms with Crippen LogP contribution < -0.4 is 19.5 Å². The van der Waals surface area contributed by atoms with E-state index in [1.54, 1.807) is 21.1 Å². The van der Waals surface area contributed by atoms with E-state index in [0.717, 1.165) is 41.0 Å². The fourth-order valence-electron chi connectivity index (χ4n) is 2.78. The first-order chi connectivity index (χ1) is 13.0. The van der Waals surface area contributed by atoms with Gasteiger partial charge in [0, 0.05) is 6.54 Å². The van der Waals surface area contributed by atoms with Crippen LogP contribution in [-0.4, -0.2) is 32.8 Å². The first kappa shape index (κ1) is 20.6. The molecule has 0 spiro atoms. The van der Waals surface area contributed by atoms with Gasteiger partial charge in [-0.15, -0.1) is 0 Å². The Morgan fingerprint density at radius 3 is 2.48 bits per heavy atom. The highest BCUT2D eigenvalue weighted by atomic mass is 16.5. The molecule has 5 heteroatoms. The Hall–Kier alpha value is -2.69. The molecule has 27 heavy (non-hydrogen) atoms. The molecular weight excluding hydrogens is 342 g/mol. The fourth-order valence-corrected chi connectivity index (χ4v) is 2.78. The minimum absolute atomic E-state index is 0.108. The molecule has 2 aromatic carbocycles. The van der Waals surface area contributed by atoms with Crippen molar-refractivity contribution in [3.05, 3.63) is 53.1 Å². The molecule has 2 aromatic rings. The molecule has 0 radical (unpaired) electrons. The first-order valence-corrected chi connectivity index (χ1v) is 9.17. The summed E-state index contributed by atoms with van der Waals surface area (Å²) >= 11 is 0. The van der Waals surface area contributed by atoms with Gasteiger partial charge in [-0.2, -0.15) is 0 Å². The topological polar surface area (TPSA) is 56.8 Å². The number of hydrogen-bond acceptors (Lipinski definition) is 4. The molecule has 0 aliphatic rings. The predicted molar refractivity (Wildman–Crippen MR) is 107 cm³/mol. The molecule has 5 nitrogen and oxygen atoms in total. The van der Waals surface area contributed by atoms with Gasteiger partial charge in [-0.1, -0.05) is 18.2 Å². The zero-order valence-corrected chi connectivity index (χ0v) is 16.8. The maximum Gasteiger partial charge on any atom is 0.260 e. The lowest BCUT2D eigenvalue weighted by Crippen LogP contribution is -2.37. The van der Waals surface area contributed by atoms with E-state index in [9.17, 15) is 4.79 Å². The van der Waals surface area contributed by atoms with Crippen LogP contribution >= 0.6 is 0 Å². The largest absolute Gasteiger partial charge is 0.493 e. The maximum atomic E-state index is 12.3. The minimum atomic E-state index is -0.536. The number of aryl methyl sites for hydroxylation is 2. The van der Waals surface area contributed by atoms with Crippen LogP contribution in [0.25, 0.3) is 0 Å². The van der Waals surface area contributed by atoms with Gasteiger partial charge in [0.05, 0.1) is 14.2 Å². The number of nitrogens with one attached hydrogen (secondary N) is 1. The molecular formula is C22H29NO4. The molecule has 1 amide bonds. The normalized spacial score (nSPS) is 11.6. The average Bonchev–Trinajstić information content (AvgIpc) is 2.68. The van der Waals surface area contributed by atoms with Gasteiger partial charge in [-0.25, -0.2) is 0 Å². The Bertz CT molecular complexity index is 773. The summed E-state index contributed by atoms with van der Waals surface area (Å²) in [4.78, 5) is 12.3. The number of ether oxygens (including phenoxy) is 3. The van der Waals surface area contributed by atoms with Crippen molar-refractivity contribution in [1.29, 1.82) is 0 Å². The quantitative estimate of drug-likeness (QED) is 0.681. The lowest BCUT2D eigenvalue weighted by Gasteiger charge is -2.17. The molecule has 1 unspecified atom stereocenters. The van der Waals surface area contributed by atoms with Gasteiger partial charge >= 0.3 is 0 Å². The lowest BCUT2D eigenvalue weighted by molar-refractivity contribution is -0.127. The SMILES string of the molecule is COc1ccc(CCCNC(=O)C(C)Oc2cccc(C)c2C)cc1OC. The number of hydrogen-bond donors (Lipinski definition) is 1. The number of carbonyl (C=O) groups is 1. The molecule has 1 atom stereocenters. The van der Waals surface area contributed by atoms with E-state index in [1.165, 1.54) is 0 Å². The summed E-state index contributed by atoms with van der Waals surface area (Å²) < 4.78 is 16.4. The molecule has 0 fully saturated rings. The smallest absolute Gasteiger partial charge is 0.260 e. The van der Waals surface area contributed by atoms with Crippen molar-refractivity contribution in [1.82, 2.24) is 5.32 Å². The lowest BCUT2D eigenvalue weighted by atomic mass is 10.1. The summed E-state index contributed by atoms with van der Waals surface area (Å²) in [5.41, 5.74) is 3.35. The minimum Gasteiger partial charge on any atom is -0.493 e. The van der Waals surface area contributed by atoms with Crippen molar-refractivity contribution in [3.8, 4) is 17.2 Å². The average molecular weight is 371 g/mol. The van der Waals surface area contributed by atoms with Crippen molar-refractivity contribution >= 4 is 5.91 Å². The Labute approximate surface area is 161 Å². The van der Waals surface area contributed by atoms with E-state index in [-0.39, 0.29) is 5.91 Å². The third-order valence-electron chi connectivity index (χ3n) is 4.62. The van der Waals surface area contributed by atoms with Crippen LogP contribution in [0, 0.1) is 13.8 Å². The van der Waals surface area contributed by atoms with Crippen molar-refractivity contribution in [2.75, 3.05) is 20.8 Å². The molecule has 0 heterocycles. The van der Waals surface area contributed by atoms with E-state index in [2.05, 4.69) is 5.32 Å². The van der Waals surface area contributed by atoms with Gasteiger partial charge in [-0.3, -0.25) is 4.79 Å². The van der Waals surface area contributed by atoms with Crippen molar-refractivity contribution in [2.24, 2.45) is 0 Å². The summed E-state index contributed by atoms with van der Waals surface area (Å²) in [6, 6.07) is 11.7. The molecule has 0 saturated heterocycles. The van der Waals surface area contributed by atoms with Crippen LogP contribution in [0.15, 0.2) is 36.4 Å². The standard InChI is InChI=1S/C22H29NO4/c1-15-8-6-10-19(16(15)2)27-17(3)22(24)23-13-7-9-18-11-12-20(25-4)21(14-18)26-5/h6,8,10-12,14,17H,7,9,13H2,1-5H3,(H,23,24). The van der Waals surface area contributed by atoms with Crippen molar-refractivity contribution < 1.29 is 19.0 Å². The highest BCUT2D eigenvalue weighted by molar-refractivity contribution is 5.80. The van der Waals surface area contributed by atoms with E-state index in [4.69, 9.17) is 14.2 Å². The van der Waals surface area contributed by atoms with Crippen LogP contribution in [0.5, 0.6) is 17.2 Å². The number of carbonyl (C=O) groups excluding carboxylic acids is 1.